The van der Waals surface area contributed by atoms with Crippen molar-refractivity contribution >= 4 is 5.97 Å². The van der Waals surface area contributed by atoms with Gasteiger partial charge < -0.3 is 9.47 Å². The molecule has 36 heavy (non-hydrogen) atoms. The van der Waals surface area contributed by atoms with Crippen LogP contribution in [0.3, 0.4) is 0 Å². The Morgan fingerprint density at radius 3 is 2.17 bits per heavy atom. The van der Waals surface area contributed by atoms with Crippen LogP contribution >= 0.6 is 0 Å². The first-order valence-corrected chi connectivity index (χ1v) is 13.2. The van der Waals surface area contributed by atoms with Gasteiger partial charge in [0.15, 0.2) is 17.4 Å². The van der Waals surface area contributed by atoms with Crippen LogP contribution in [-0.4, -0.2) is 22.5 Å². The zero-order chi connectivity index (χ0) is 25.6. The Balaban J connectivity index is 1.50. The molecule has 0 unspecified atom stereocenters. The minimum atomic E-state index is -0.628. The fourth-order valence-corrected chi connectivity index (χ4v) is 3.86. The van der Waals surface area contributed by atoms with Gasteiger partial charge in [0.25, 0.3) is 0 Å². The Morgan fingerprint density at radius 2 is 1.50 bits per heavy atom. The molecule has 2 aromatic carbocycles. The molecule has 192 valence electrons. The third-order valence-corrected chi connectivity index (χ3v) is 6.02. The van der Waals surface area contributed by atoms with Gasteiger partial charge in [-0.3, -0.25) is 0 Å². The highest BCUT2D eigenvalue weighted by Crippen LogP contribution is 2.23. The summed E-state index contributed by atoms with van der Waals surface area (Å²) in [6.07, 6.45) is 15.1. The van der Waals surface area contributed by atoms with Crippen molar-refractivity contribution in [3.63, 3.8) is 0 Å². The first-order chi connectivity index (χ1) is 17.6. The maximum absolute atomic E-state index is 14.4. The van der Waals surface area contributed by atoms with Crippen LogP contribution in [-0.2, 0) is 6.42 Å². The molecule has 0 aliphatic carbocycles. The van der Waals surface area contributed by atoms with Crippen molar-refractivity contribution in [3.05, 3.63) is 71.8 Å². The fourth-order valence-electron chi connectivity index (χ4n) is 3.86. The molecule has 0 aliphatic heterocycles. The van der Waals surface area contributed by atoms with Gasteiger partial charge in [-0.05, 0) is 67.3 Å². The summed E-state index contributed by atoms with van der Waals surface area (Å²) < 4.78 is 25.3. The van der Waals surface area contributed by atoms with Gasteiger partial charge >= 0.3 is 5.97 Å². The molecular formula is C30H37FN2O3. The summed E-state index contributed by atoms with van der Waals surface area (Å²) >= 11 is 0. The number of ether oxygens (including phenoxy) is 2. The second-order valence-corrected chi connectivity index (χ2v) is 9.05. The van der Waals surface area contributed by atoms with E-state index in [2.05, 4.69) is 23.8 Å². The SMILES string of the molecule is CCCCCCCOc1ccc(C(=O)Oc2ccc(-c3ncc(CCCCCC)cn3)cc2)cc1F. The van der Waals surface area contributed by atoms with Gasteiger partial charge in [0.05, 0.1) is 12.2 Å². The molecule has 0 atom stereocenters. The van der Waals surface area contributed by atoms with Gasteiger partial charge in [0.1, 0.15) is 5.75 Å². The Kier molecular flexibility index (Phi) is 11.4. The molecule has 0 spiro atoms. The lowest BCUT2D eigenvalue weighted by Crippen LogP contribution is -2.09. The summed E-state index contributed by atoms with van der Waals surface area (Å²) in [6.45, 7) is 4.83. The van der Waals surface area contributed by atoms with Crippen molar-refractivity contribution < 1.29 is 18.7 Å². The van der Waals surface area contributed by atoms with Crippen molar-refractivity contribution in [2.45, 2.75) is 78.1 Å². The second kappa shape index (κ2) is 15.0. The highest BCUT2D eigenvalue weighted by molar-refractivity contribution is 5.91. The molecule has 0 amide bonds. The third kappa shape index (κ3) is 8.74. The zero-order valence-electron chi connectivity index (χ0n) is 21.5. The molecule has 0 N–H and O–H groups in total. The minimum absolute atomic E-state index is 0.129. The predicted octanol–water partition coefficient (Wildman–Crippen LogP) is 7.97. The lowest BCUT2D eigenvalue weighted by molar-refractivity contribution is 0.0734. The van der Waals surface area contributed by atoms with Gasteiger partial charge in [0.2, 0.25) is 0 Å². The summed E-state index contributed by atoms with van der Waals surface area (Å²) in [6, 6.07) is 11.1. The van der Waals surface area contributed by atoms with Gasteiger partial charge in [-0.25, -0.2) is 19.2 Å². The summed E-state index contributed by atoms with van der Waals surface area (Å²) in [5.74, 6) is -0.0635. The molecule has 0 radical (unpaired) electrons. The van der Waals surface area contributed by atoms with Crippen LogP contribution in [0.2, 0.25) is 0 Å². The van der Waals surface area contributed by atoms with E-state index in [0.717, 1.165) is 49.3 Å². The molecule has 1 heterocycles. The molecule has 5 nitrogen and oxygen atoms in total. The normalized spacial score (nSPS) is 10.9. The summed E-state index contributed by atoms with van der Waals surface area (Å²) in [5, 5.41) is 0. The lowest BCUT2D eigenvalue weighted by Gasteiger charge is -2.09. The van der Waals surface area contributed by atoms with Crippen molar-refractivity contribution in [2.75, 3.05) is 6.61 Å². The van der Waals surface area contributed by atoms with E-state index in [4.69, 9.17) is 9.47 Å². The van der Waals surface area contributed by atoms with E-state index < -0.39 is 11.8 Å². The number of unbranched alkanes of at least 4 members (excludes halogenated alkanes) is 7. The van der Waals surface area contributed by atoms with Crippen LogP contribution in [0.4, 0.5) is 4.39 Å². The number of carbonyl (C=O) groups is 1. The van der Waals surface area contributed by atoms with Crippen LogP contribution in [0, 0.1) is 5.82 Å². The number of aromatic nitrogens is 2. The molecule has 3 rings (SSSR count). The predicted molar refractivity (Wildman–Crippen MR) is 141 cm³/mol. The molecule has 0 saturated heterocycles. The molecule has 6 heteroatoms. The van der Waals surface area contributed by atoms with Gasteiger partial charge in [-0.15, -0.1) is 0 Å². The smallest absolute Gasteiger partial charge is 0.343 e. The number of carbonyl (C=O) groups excluding carboxylic acids is 1. The van der Waals surface area contributed by atoms with Crippen LogP contribution in [0.1, 0.15) is 87.6 Å². The summed E-state index contributed by atoms with van der Waals surface area (Å²) in [7, 11) is 0. The van der Waals surface area contributed by atoms with Crippen LogP contribution < -0.4 is 9.47 Å². The van der Waals surface area contributed by atoms with E-state index in [1.54, 1.807) is 24.3 Å². The van der Waals surface area contributed by atoms with Crippen LogP contribution in [0.5, 0.6) is 11.5 Å². The van der Waals surface area contributed by atoms with E-state index in [1.165, 1.54) is 44.2 Å². The maximum Gasteiger partial charge on any atom is 0.343 e. The van der Waals surface area contributed by atoms with E-state index >= 15 is 0 Å². The topological polar surface area (TPSA) is 61.3 Å². The van der Waals surface area contributed by atoms with E-state index in [-0.39, 0.29) is 11.3 Å². The number of rotatable bonds is 15. The Labute approximate surface area is 214 Å². The monoisotopic (exact) mass is 492 g/mol. The average molecular weight is 493 g/mol. The molecule has 0 bridgehead atoms. The van der Waals surface area contributed by atoms with Crippen molar-refractivity contribution in [1.82, 2.24) is 9.97 Å². The average Bonchev–Trinajstić information content (AvgIpc) is 2.90. The number of nitrogens with zero attached hydrogens (tertiary/aromatic N) is 2. The van der Waals surface area contributed by atoms with Crippen molar-refractivity contribution in [2.24, 2.45) is 0 Å². The number of esters is 1. The van der Waals surface area contributed by atoms with Gasteiger partial charge in [0, 0.05) is 18.0 Å². The lowest BCUT2D eigenvalue weighted by atomic mass is 10.1. The number of hydrogen-bond donors (Lipinski definition) is 0. The maximum atomic E-state index is 14.4. The Bertz CT molecular complexity index is 1070. The molecule has 0 aliphatic rings. The third-order valence-electron chi connectivity index (χ3n) is 6.02. The number of benzene rings is 2. The number of halogens is 1. The molecular weight excluding hydrogens is 455 g/mol. The summed E-state index contributed by atoms with van der Waals surface area (Å²) in [5.41, 5.74) is 2.09. The standard InChI is InChI=1S/C30H37FN2O3/c1-3-5-7-9-11-19-35-28-18-15-25(20-27(28)31)30(34)36-26-16-13-24(14-17-26)29-32-21-23(22-33-29)12-10-8-6-4-2/h13-18,20-22H,3-12,19H2,1-2H3. The van der Waals surface area contributed by atoms with Crippen molar-refractivity contribution in [1.29, 1.82) is 0 Å². The van der Waals surface area contributed by atoms with E-state index in [9.17, 15) is 9.18 Å². The first kappa shape index (κ1) is 27.3. The number of hydrogen-bond acceptors (Lipinski definition) is 5. The minimum Gasteiger partial charge on any atom is -0.491 e. The molecule has 3 aromatic rings. The van der Waals surface area contributed by atoms with Gasteiger partial charge in [-0.1, -0.05) is 58.8 Å². The molecule has 1 aromatic heterocycles. The fraction of sp³-hybridized carbons (Fsp3) is 0.433. The van der Waals surface area contributed by atoms with Gasteiger partial charge in [-0.2, -0.15) is 0 Å². The number of aryl methyl sites for hydroxylation is 1. The van der Waals surface area contributed by atoms with Crippen LogP contribution in [0.25, 0.3) is 11.4 Å². The quantitative estimate of drug-likeness (QED) is 0.122. The van der Waals surface area contributed by atoms with Crippen molar-refractivity contribution in [3.8, 4) is 22.9 Å². The zero-order valence-corrected chi connectivity index (χ0v) is 21.5. The first-order valence-electron chi connectivity index (χ1n) is 13.2. The van der Waals surface area contributed by atoms with Crippen LogP contribution in [0.15, 0.2) is 54.9 Å². The van der Waals surface area contributed by atoms with E-state index in [1.807, 2.05) is 12.4 Å². The highest BCUT2D eigenvalue weighted by atomic mass is 19.1. The second-order valence-electron chi connectivity index (χ2n) is 9.05. The largest absolute Gasteiger partial charge is 0.491 e. The summed E-state index contributed by atoms with van der Waals surface area (Å²) in [4.78, 5) is 21.4. The highest BCUT2D eigenvalue weighted by Gasteiger charge is 2.13. The van der Waals surface area contributed by atoms with E-state index in [0.29, 0.717) is 18.2 Å². The molecule has 0 saturated carbocycles. The Morgan fingerprint density at radius 1 is 0.833 bits per heavy atom. The molecule has 0 fully saturated rings. The Hall–Kier alpha value is -3.28.